The van der Waals surface area contributed by atoms with Gasteiger partial charge in [0, 0.05) is 5.56 Å². The van der Waals surface area contributed by atoms with Crippen molar-refractivity contribution >= 4 is 5.97 Å². The summed E-state index contributed by atoms with van der Waals surface area (Å²) in [4.78, 5) is 25.2. The highest BCUT2D eigenvalue weighted by Gasteiger charge is 2.14. The first-order valence-corrected chi connectivity index (χ1v) is 5.30. The summed E-state index contributed by atoms with van der Waals surface area (Å²) in [5.74, 6) is -2.88. The normalized spacial score (nSPS) is 10.3. The third-order valence-electron chi connectivity index (χ3n) is 2.56. The number of aromatic amines is 1. The Morgan fingerprint density at radius 3 is 2.53 bits per heavy atom. The number of aromatic nitrogens is 1. The van der Waals surface area contributed by atoms with Crippen LogP contribution in [0.25, 0.3) is 11.1 Å². The summed E-state index contributed by atoms with van der Waals surface area (Å²) in [5, 5.41) is 0. The average molecular weight is 265 g/mol. The topological polar surface area (TPSA) is 59.2 Å². The molecule has 1 N–H and O–H groups in total. The van der Waals surface area contributed by atoms with Crippen LogP contribution < -0.4 is 5.56 Å². The van der Waals surface area contributed by atoms with Crippen molar-refractivity contribution in [3.63, 3.8) is 0 Å². The first kappa shape index (κ1) is 12.9. The number of nitrogens with one attached hydrogen (secondary N) is 1. The lowest BCUT2D eigenvalue weighted by Gasteiger charge is -2.04. The number of rotatable bonds is 2. The predicted molar refractivity (Wildman–Crippen MR) is 63.8 cm³/mol. The Kier molecular flexibility index (Phi) is 3.41. The quantitative estimate of drug-likeness (QED) is 0.846. The predicted octanol–water partition coefficient (Wildman–Crippen LogP) is 2.11. The number of hydrogen-bond donors (Lipinski definition) is 1. The van der Waals surface area contributed by atoms with E-state index in [4.69, 9.17) is 0 Å². The number of esters is 1. The molecule has 2 rings (SSSR count). The van der Waals surface area contributed by atoms with E-state index in [9.17, 15) is 18.4 Å². The average Bonchev–Trinajstić information content (AvgIpc) is 2.41. The lowest BCUT2D eigenvalue weighted by molar-refractivity contribution is 0.0594. The minimum atomic E-state index is -1.11. The van der Waals surface area contributed by atoms with Gasteiger partial charge in [-0.2, -0.15) is 0 Å². The maximum absolute atomic E-state index is 13.6. The third-order valence-corrected chi connectivity index (χ3v) is 2.56. The van der Waals surface area contributed by atoms with Crippen LogP contribution >= 0.6 is 0 Å². The molecular weight excluding hydrogens is 256 g/mol. The zero-order valence-corrected chi connectivity index (χ0v) is 9.87. The van der Waals surface area contributed by atoms with E-state index in [1.165, 1.54) is 31.4 Å². The Bertz CT molecular complexity index is 695. The number of methoxy groups -OCH3 is 1. The van der Waals surface area contributed by atoms with Crippen molar-refractivity contribution in [2.24, 2.45) is 0 Å². The first-order valence-electron chi connectivity index (χ1n) is 5.30. The largest absolute Gasteiger partial charge is 0.464 e. The highest BCUT2D eigenvalue weighted by molar-refractivity contribution is 5.87. The second kappa shape index (κ2) is 5.01. The van der Waals surface area contributed by atoms with E-state index >= 15 is 0 Å². The maximum Gasteiger partial charge on any atom is 0.354 e. The van der Waals surface area contributed by atoms with Crippen molar-refractivity contribution in [1.29, 1.82) is 0 Å². The Labute approximate surface area is 106 Å². The maximum atomic E-state index is 13.6. The molecule has 98 valence electrons. The minimum Gasteiger partial charge on any atom is -0.464 e. The van der Waals surface area contributed by atoms with Crippen LogP contribution in [0.5, 0.6) is 0 Å². The van der Waals surface area contributed by atoms with Crippen LogP contribution in [0, 0.1) is 11.6 Å². The summed E-state index contributed by atoms with van der Waals surface area (Å²) in [6.45, 7) is 0. The number of H-pyrrole nitrogens is 1. The Hall–Kier alpha value is -2.50. The second-order valence-electron chi connectivity index (χ2n) is 3.71. The molecule has 0 unspecified atom stereocenters. The SMILES string of the molecule is COC(=O)c1ccc(-c2cccc(F)c2F)c(=O)[nH]1. The number of carbonyl (C=O) groups excluding carboxylic acids is 1. The number of carbonyl (C=O) groups is 1. The van der Waals surface area contributed by atoms with E-state index in [1.807, 2.05) is 0 Å². The van der Waals surface area contributed by atoms with Crippen molar-refractivity contribution in [3.8, 4) is 11.1 Å². The molecule has 0 aliphatic heterocycles. The molecule has 4 nitrogen and oxygen atoms in total. The fraction of sp³-hybridized carbons (Fsp3) is 0.0769. The van der Waals surface area contributed by atoms with Gasteiger partial charge in [0.15, 0.2) is 11.6 Å². The lowest BCUT2D eigenvalue weighted by Crippen LogP contribution is -2.16. The molecule has 0 saturated heterocycles. The van der Waals surface area contributed by atoms with Crippen LogP contribution in [-0.4, -0.2) is 18.1 Å². The van der Waals surface area contributed by atoms with Crippen molar-refractivity contribution in [2.45, 2.75) is 0 Å². The van der Waals surface area contributed by atoms with Gasteiger partial charge in [0.2, 0.25) is 0 Å². The van der Waals surface area contributed by atoms with Crippen molar-refractivity contribution in [1.82, 2.24) is 4.98 Å². The van der Waals surface area contributed by atoms with Crippen molar-refractivity contribution in [3.05, 3.63) is 58.0 Å². The van der Waals surface area contributed by atoms with E-state index in [0.29, 0.717) is 0 Å². The van der Waals surface area contributed by atoms with Gasteiger partial charge in [-0.15, -0.1) is 0 Å². The molecule has 0 amide bonds. The van der Waals surface area contributed by atoms with Crippen LogP contribution in [0.4, 0.5) is 8.78 Å². The van der Waals surface area contributed by atoms with Crippen LogP contribution in [0.15, 0.2) is 35.1 Å². The van der Waals surface area contributed by atoms with E-state index in [1.54, 1.807) is 0 Å². The van der Waals surface area contributed by atoms with Gasteiger partial charge in [0.1, 0.15) is 5.69 Å². The Balaban J connectivity index is 2.56. The van der Waals surface area contributed by atoms with Gasteiger partial charge in [-0.3, -0.25) is 4.79 Å². The van der Waals surface area contributed by atoms with Gasteiger partial charge in [-0.05, 0) is 18.2 Å². The molecule has 1 aromatic heterocycles. The van der Waals surface area contributed by atoms with Gasteiger partial charge < -0.3 is 9.72 Å². The van der Waals surface area contributed by atoms with E-state index in [-0.39, 0.29) is 16.8 Å². The van der Waals surface area contributed by atoms with Crippen LogP contribution in [0.3, 0.4) is 0 Å². The Morgan fingerprint density at radius 1 is 1.16 bits per heavy atom. The number of pyridine rings is 1. The second-order valence-corrected chi connectivity index (χ2v) is 3.71. The molecule has 0 atom stereocenters. The summed E-state index contributed by atoms with van der Waals surface area (Å²) in [6, 6.07) is 6.04. The fourth-order valence-electron chi connectivity index (χ4n) is 1.63. The highest BCUT2D eigenvalue weighted by Crippen LogP contribution is 2.21. The molecule has 0 bridgehead atoms. The van der Waals surface area contributed by atoms with Crippen molar-refractivity contribution in [2.75, 3.05) is 7.11 Å². The monoisotopic (exact) mass is 265 g/mol. The van der Waals surface area contributed by atoms with Crippen LogP contribution in [0.2, 0.25) is 0 Å². The molecular formula is C13H9F2NO3. The van der Waals surface area contributed by atoms with Gasteiger partial charge in [0.25, 0.3) is 5.56 Å². The van der Waals surface area contributed by atoms with Crippen LogP contribution in [0.1, 0.15) is 10.5 Å². The standard InChI is InChI=1S/C13H9F2NO3/c1-19-13(18)10-6-5-8(12(17)16-10)7-3-2-4-9(14)11(7)15/h2-6H,1H3,(H,16,17). The molecule has 0 spiro atoms. The van der Waals surface area contributed by atoms with Crippen molar-refractivity contribution < 1.29 is 18.3 Å². The number of benzene rings is 1. The summed E-state index contributed by atoms with van der Waals surface area (Å²) < 4.78 is 31.1. The lowest BCUT2D eigenvalue weighted by atomic mass is 10.1. The first-order chi connectivity index (χ1) is 9.04. The summed E-state index contributed by atoms with van der Waals surface area (Å²) >= 11 is 0. The molecule has 0 aliphatic carbocycles. The number of halogens is 2. The zero-order chi connectivity index (χ0) is 14.0. The van der Waals surface area contributed by atoms with Gasteiger partial charge in [-0.25, -0.2) is 13.6 Å². The third kappa shape index (κ3) is 2.37. The van der Waals surface area contributed by atoms with E-state index in [0.717, 1.165) is 6.07 Å². The Morgan fingerprint density at radius 2 is 1.89 bits per heavy atom. The van der Waals surface area contributed by atoms with Gasteiger partial charge in [0.05, 0.1) is 12.7 Å². The fourth-order valence-corrected chi connectivity index (χ4v) is 1.63. The zero-order valence-electron chi connectivity index (χ0n) is 9.87. The molecule has 0 aliphatic rings. The minimum absolute atomic E-state index is 0.0620. The molecule has 6 heteroatoms. The summed E-state index contributed by atoms with van der Waals surface area (Å²) in [5.41, 5.74) is -0.997. The molecule has 1 heterocycles. The van der Waals surface area contributed by atoms with Gasteiger partial charge >= 0.3 is 5.97 Å². The molecule has 19 heavy (non-hydrogen) atoms. The van der Waals surface area contributed by atoms with E-state index < -0.39 is 23.2 Å². The highest BCUT2D eigenvalue weighted by atomic mass is 19.2. The molecule has 0 radical (unpaired) electrons. The summed E-state index contributed by atoms with van der Waals surface area (Å²) in [6.07, 6.45) is 0. The molecule has 0 saturated carbocycles. The summed E-state index contributed by atoms with van der Waals surface area (Å²) in [7, 11) is 1.17. The molecule has 0 fully saturated rings. The van der Waals surface area contributed by atoms with Gasteiger partial charge in [-0.1, -0.05) is 12.1 Å². The molecule has 1 aromatic carbocycles. The number of ether oxygens (including phenoxy) is 1. The molecule has 2 aromatic rings. The smallest absolute Gasteiger partial charge is 0.354 e. The van der Waals surface area contributed by atoms with Crippen LogP contribution in [-0.2, 0) is 4.74 Å². The van der Waals surface area contributed by atoms with E-state index in [2.05, 4.69) is 9.72 Å². The number of hydrogen-bond acceptors (Lipinski definition) is 3.